The number of ether oxygens (including phenoxy) is 3. The molecule has 0 aliphatic rings. The van der Waals surface area contributed by atoms with E-state index in [-0.39, 0.29) is 6.61 Å². The van der Waals surface area contributed by atoms with Crippen LogP contribution < -0.4 is 0 Å². The molecular formula is C8H14O4. The van der Waals surface area contributed by atoms with Gasteiger partial charge in [-0.15, -0.1) is 0 Å². The maximum Gasteiger partial charge on any atom is 0.298 e. The third kappa shape index (κ3) is 3.98. The molecule has 0 atom stereocenters. The molecule has 0 unspecified atom stereocenters. The first-order valence-electron chi connectivity index (χ1n) is 3.68. The number of carbonyl (C=O) groups is 1. The van der Waals surface area contributed by atoms with Crippen molar-refractivity contribution in [3.8, 4) is 0 Å². The van der Waals surface area contributed by atoms with Gasteiger partial charge in [0.05, 0.1) is 7.11 Å². The Morgan fingerprint density at radius 1 is 1.50 bits per heavy atom. The Hall–Kier alpha value is -1.03. The van der Waals surface area contributed by atoms with Gasteiger partial charge in [0, 0.05) is 6.61 Å². The normalized spacial score (nSPS) is 11.9. The lowest BCUT2D eigenvalue weighted by atomic mass is 10.4. The van der Waals surface area contributed by atoms with Crippen molar-refractivity contribution in [2.75, 3.05) is 20.3 Å². The highest BCUT2D eigenvalue weighted by molar-refractivity contribution is 5.40. The predicted octanol–water partition coefficient (Wildman–Crippen LogP) is 1.07. The maximum absolute atomic E-state index is 10.0. The van der Waals surface area contributed by atoms with Gasteiger partial charge in [0.1, 0.15) is 12.4 Å². The summed E-state index contributed by atoms with van der Waals surface area (Å²) in [6.07, 6.45) is 0. The van der Waals surface area contributed by atoms with Gasteiger partial charge in [0.2, 0.25) is 0 Å². The molecule has 0 aromatic carbocycles. The molecule has 0 radical (unpaired) electrons. The van der Waals surface area contributed by atoms with Crippen LogP contribution in [0.3, 0.4) is 0 Å². The molecule has 70 valence electrons. The van der Waals surface area contributed by atoms with Crippen molar-refractivity contribution in [2.24, 2.45) is 0 Å². The average molecular weight is 174 g/mol. The van der Waals surface area contributed by atoms with Crippen LogP contribution in [0.5, 0.6) is 0 Å². The Labute approximate surface area is 72.1 Å². The highest BCUT2D eigenvalue weighted by atomic mass is 16.6. The van der Waals surface area contributed by atoms with Crippen molar-refractivity contribution in [1.29, 1.82) is 0 Å². The molecule has 12 heavy (non-hydrogen) atoms. The standard InChI is InChI=1S/C8H14O4/c1-4-11-5-8(12-6-9)7(2)10-3/h6H,4-5H2,1-3H3/b8-7-. The van der Waals surface area contributed by atoms with Crippen LogP contribution in [-0.4, -0.2) is 26.8 Å². The topological polar surface area (TPSA) is 44.8 Å². The molecule has 0 saturated heterocycles. The van der Waals surface area contributed by atoms with Gasteiger partial charge in [0.15, 0.2) is 5.76 Å². The maximum atomic E-state index is 10.0. The van der Waals surface area contributed by atoms with Gasteiger partial charge in [-0.05, 0) is 13.8 Å². The second-order valence-corrected chi connectivity index (χ2v) is 2.03. The molecule has 0 aliphatic heterocycles. The van der Waals surface area contributed by atoms with E-state index < -0.39 is 0 Å². The zero-order valence-corrected chi connectivity index (χ0v) is 7.62. The Morgan fingerprint density at radius 3 is 2.58 bits per heavy atom. The Morgan fingerprint density at radius 2 is 2.17 bits per heavy atom. The van der Waals surface area contributed by atoms with Crippen molar-refractivity contribution in [2.45, 2.75) is 13.8 Å². The fraction of sp³-hybridized carbons (Fsp3) is 0.625. The summed E-state index contributed by atoms with van der Waals surface area (Å²) in [4.78, 5) is 10.0. The highest BCUT2D eigenvalue weighted by Gasteiger charge is 2.03. The minimum absolute atomic E-state index is 0.259. The summed E-state index contributed by atoms with van der Waals surface area (Å²) in [5.41, 5.74) is 0. The molecule has 0 bridgehead atoms. The van der Waals surface area contributed by atoms with Crippen molar-refractivity contribution in [1.82, 2.24) is 0 Å². The first-order valence-corrected chi connectivity index (χ1v) is 3.68. The molecular weight excluding hydrogens is 160 g/mol. The zero-order chi connectivity index (χ0) is 9.40. The van der Waals surface area contributed by atoms with Gasteiger partial charge in [0.25, 0.3) is 6.47 Å². The summed E-state index contributed by atoms with van der Waals surface area (Å²) in [5.74, 6) is 0.963. The molecule has 0 saturated carbocycles. The van der Waals surface area contributed by atoms with E-state index in [1.165, 1.54) is 7.11 Å². The SMILES string of the molecule is CCOC/C(OC=O)=C(\C)OC. The molecule has 4 nitrogen and oxygen atoms in total. The average Bonchev–Trinajstić information content (AvgIpc) is 2.11. The molecule has 0 aliphatic carbocycles. The predicted molar refractivity (Wildman–Crippen MR) is 43.4 cm³/mol. The molecule has 0 heterocycles. The summed E-state index contributed by atoms with van der Waals surface area (Å²) < 4.78 is 14.6. The van der Waals surface area contributed by atoms with Crippen LogP contribution in [0.2, 0.25) is 0 Å². The summed E-state index contributed by atoms with van der Waals surface area (Å²) in [6.45, 7) is 4.76. The molecule has 0 amide bonds. The second kappa shape index (κ2) is 6.67. The fourth-order valence-electron chi connectivity index (χ4n) is 0.585. The molecule has 0 aromatic rings. The smallest absolute Gasteiger partial charge is 0.298 e. The summed E-state index contributed by atoms with van der Waals surface area (Å²) in [7, 11) is 1.51. The quantitative estimate of drug-likeness (QED) is 0.446. The van der Waals surface area contributed by atoms with E-state index in [4.69, 9.17) is 9.47 Å². The third-order valence-electron chi connectivity index (χ3n) is 1.33. The molecule has 4 heteroatoms. The lowest BCUT2D eigenvalue weighted by Gasteiger charge is -2.07. The number of hydrogen-bond donors (Lipinski definition) is 0. The van der Waals surface area contributed by atoms with Crippen LogP contribution in [0.25, 0.3) is 0 Å². The number of methoxy groups -OCH3 is 1. The monoisotopic (exact) mass is 174 g/mol. The molecule has 0 spiro atoms. The van der Waals surface area contributed by atoms with Crippen molar-refractivity contribution in [3.05, 3.63) is 11.5 Å². The van der Waals surface area contributed by atoms with E-state index in [1.54, 1.807) is 6.92 Å². The fourth-order valence-corrected chi connectivity index (χ4v) is 0.585. The molecule has 0 aromatic heterocycles. The number of allylic oxidation sites excluding steroid dienone is 1. The highest BCUT2D eigenvalue weighted by Crippen LogP contribution is 2.05. The van der Waals surface area contributed by atoms with E-state index in [9.17, 15) is 4.79 Å². The molecule has 0 fully saturated rings. The Balaban J connectivity index is 4.10. The first-order chi connectivity index (χ1) is 5.76. The largest absolute Gasteiger partial charge is 0.498 e. The third-order valence-corrected chi connectivity index (χ3v) is 1.33. The Bertz CT molecular complexity index is 162. The van der Waals surface area contributed by atoms with Gasteiger partial charge in [-0.25, -0.2) is 0 Å². The zero-order valence-electron chi connectivity index (χ0n) is 7.62. The van der Waals surface area contributed by atoms with Gasteiger partial charge in [-0.1, -0.05) is 0 Å². The lowest BCUT2D eigenvalue weighted by molar-refractivity contribution is -0.126. The van der Waals surface area contributed by atoms with E-state index in [2.05, 4.69) is 4.74 Å². The second-order valence-electron chi connectivity index (χ2n) is 2.03. The molecule has 0 rings (SSSR count). The van der Waals surface area contributed by atoms with Crippen LogP contribution in [-0.2, 0) is 19.0 Å². The van der Waals surface area contributed by atoms with Gasteiger partial charge < -0.3 is 14.2 Å². The van der Waals surface area contributed by atoms with Gasteiger partial charge in [-0.2, -0.15) is 0 Å². The van der Waals surface area contributed by atoms with Crippen LogP contribution >= 0.6 is 0 Å². The van der Waals surface area contributed by atoms with Crippen LogP contribution in [0.1, 0.15) is 13.8 Å². The van der Waals surface area contributed by atoms with E-state index in [0.29, 0.717) is 24.6 Å². The van der Waals surface area contributed by atoms with Crippen molar-refractivity contribution in [3.63, 3.8) is 0 Å². The van der Waals surface area contributed by atoms with E-state index >= 15 is 0 Å². The number of hydrogen-bond acceptors (Lipinski definition) is 4. The van der Waals surface area contributed by atoms with Crippen molar-refractivity contribution < 1.29 is 19.0 Å². The minimum atomic E-state index is 0.259. The summed E-state index contributed by atoms with van der Waals surface area (Å²) in [5, 5.41) is 0. The van der Waals surface area contributed by atoms with Gasteiger partial charge >= 0.3 is 0 Å². The lowest BCUT2D eigenvalue weighted by Crippen LogP contribution is -2.04. The number of rotatable bonds is 6. The van der Waals surface area contributed by atoms with Crippen LogP contribution in [0, 0.1) is 0 Å². The van der Waals surface area contributed by atoms with Crippen molar-refractivity contribution >= 4 is 6.47 Å². The molecule has 0 N–H and O–H groups in total. The summed E-state index contributed by atoms with van der Waals surface area (Å²) >= 11 is 0. The summed E-state index contributed by atoms with van der Waals surface area (Å²) in [6, 6.07) is 0. The van der Waals surface area contributed by atoms with Gasteiger partial charge in [-0.3, -0.25) is 4.79 Å². The van der Waals surface area contributed by atoms with Crippen LogP contribution in [0.4, 0.5) is 0 Å². The number of carbonyl (C=O) groups excluding carboxylic acids is 1. The minimum Gasteiger partial charge on any atom is -0.498 e. The van der Waals surface area contributed by atoms with E-state index in [1.807, 2.05) is 6.92 Å². The Kier molecular flexibility index (Phi) is 6.09. The van der Waals surface area contributed by atoms with Crippen LogP contribution in [0.15, 0.2) is 11.5 Å². The van der Waals surface area contributed by atoms with E-state index in [0.717, 1.165) is 0 Å². The first kappa shape index (κ1) is 11.0.